The maximum absolute atomic E-state index is 13.0. The van der Waals surface area contributed by atoms with Crippen LogP contribution in [0.2, 0.25) is 10.0 Å². The summed E-state index contributed by atoms with van der Waals surface area (Å²) >= 11 is 12.6. The van der Waals surface area contributed by atoms with Crippen LogP contribution in [-0.2, 0) is 4.79 Å². The van der Waals surface area contributed by atoms with Gasteiger partial charge in [-0.15, -0.1) is 0 Å². The lowest BCUT2D eigenvalue weighted by Gasteiger charge is -2.42. The Hall–Kier alpha value is -2.32. The van der Waals surface area contributed by atoms with Crippen molar-refractivity contribution >= 4 is 45.7 Å². The molecule has 1 unspecified atom stereocenters. The summed E-state index contributed by atoms with van der Waals surface area (Å²) < 4.78 is 1.98. The molecule has 2 aromatic carbocycles. The van der Waals surface area contributed by atoms with Crippen molar-refractivity contribution in [2.75, 3.05) is 37.7 Å². The van der Waals surface area contributed by atoms with E-state index in [0.717, 1.165) is 41.5 Å². The molecule has 3 atom stereocenters. The zero-order valence-corrected chi connectivity index (χ0v) is 20.6. The molecule has 7 nitrogen and oxygen atoms in total. The van der Waals surface area contributed by atoms with Crippen molar-refractivity contribution in [1.29, 1.82) is 0 Å². The molecule has 2 aliphatic heterocycles. The topological polar surface area (TPSA) is 73.6 Å². The number of aromatic nitrogens is 2. The first-order valence-electron chi connectivity index (χ1n) is 11.8. The number of hydrogen-bond donors (Lipinski definition) is 2. The second kappa shape index (κ2) is 9.74. The fourth-order valence-electron chi connectivity index (χ4n) is 5.14. The Balaban J connectivity index is 1.39. The normalized spacial score (nSPS) is 21.9. The quantitative estimate of drug-likeness (QED) is 0.557. The largest absolute Gasteiger partial charge is 0.394 e. The van der Waals surface area contributed by atoms with Gasteiger partial charge in [-0.1, -0.05) is 29.3 Å². The second-order valence-corrected chi connectivity index (χ2v) is 9.98. The van der Waals surface area contributed by atoms with Crippen LogP contribution in [0.4, 0.5) is 5.69 Å². The van der Waals surface area contributed by atoms with Gasteiger partial charge in [-0.05, 0) is 62.2 Å². The molecule has 0 aliphatic carbocycles. The number of piperazine rings is 1. The zero-order valence-electron chi connectivity index (χ0n) is 19.1. The number of halogens is 2. The Bertz CT molecular complexity index is 1190. The molecule has 3 aromatic rings. The number of nitrogens with one attached hydrogen (secondary N) is 1. The van der Waals surface area contributed by atoms with Gasteiger partial charge in [-0.2, -0.15) is 5.10 Å². The van der Waals surface area contributed by atoms with Crippen LogP contribution in [0.15, 0.2) is 42.6 Å². The third-order valence-electron chi connectivity index (χ3n) is 7.06. The van der Waals surface area contributed by atoms with E-state index in [1.807, 2.05) is 27.9 Å². The van der Waals surface area contributed by atoms with E-state index in [9.17, 15) is 9.90 Å². The first-order chi connectivity index (χ1) is 16.5. The Morgan fingerprint density at radius 3 is 2.82 bits per heavy atom. The SMILES string of the molecule is C[C@H](c1ccc(Cl)cc1Cl)n1ncc2ccc(N3CCN(C(=O)[C@H]4CCCN4)C(CO)C3)cc21. The Kier molecular flexibility index (Phi) is 6.71. The first kappa shape index (κ1) is 23.4. The van der Waals surface area contributed by atoms with Crippen molar-refractivity contribution in [3.05, 3.63) is 58.2 Å². The van der Waals surface area contributed by atoms with E-state index < -0.39 is 0 Å². The molecule has 2 aliphatic rings. The number of fused-ring (bicyclic) bond motifs is 1. The number of benzene rings is 2. The Labute approximate surface area is 209 Å². The average Bonchev–Trinajstić information content (AvgIpc) is 3.53. The summed E-state index contributed by atoms with van der Waals surface area (Å²) in [4.78, 5) is 17.1. The highest BCUT2D eigenvalue weighted by Crippen LogP contribution is 2.32. The number of anilines is 1. The van der Waals surface area contributed by atoms with E-state index in [1.165, 1.54) is 0 Å². The van der Waals surface area contributed by atoms with Gasteiger partial charge in [-0.3, -0.25) is 9.48 Å². The zero-order chi connectivity index (χ0) is 23.8. The fourth-order valence-corrected chi connectivity index (χ4v) is 5.70. The van der Waals surface area contributed by atoms with Gasteiger partial charge in [-0.25, -0.2) is 0 Å². The number of amides is 1. The van der Waals surface area contributed by atoms with Crippen molar-refractivity contribution in [3.8, 4) is 0 Å². The van der Waals surface area contributed by atoms with Gasteiger partial charge in [0.15, 0.2) is 0 Å². The van der Waals surface area contributed by atoms with Gasteiger partial charge in [0.1, 0.15) is 0 Å². The highest BCUT2D eigenvalue weighted by Gasteiger charge is 2.35. The summed E-state index contributed by atoms with van der Waals surface area (Å²) in [6.07, 6.45) is 3.75. The molecule has 0 saturated carbocycles. The molecule has 3 heterocycles. The molecule has 0 radical (unpaired) electrons. The molecule has 1 amide bonds. The summed E-state index contributed by atoms with van der Waals surface area (Å²) in [5.74, 6) is 0.110. The number of carbonyl (C=O) groups excluding carboxylic acids is 1. The molecule has 2 saturated heterocycles. The smallest absolute Gasteiger partial charge is 0.240 e. The number of rotatable bonds is 5. The minimum Gasteiger partial charge on any atom is -0.394 e. The predicted octanol–water partition coefficient (Wildman–Crippen LogP) is 3.71. The van der Waals surface area contributed by atoms with Crippen molar-refractivity contribution in [3.63, 3.8) is 0 Å². The molecule has 0 spiro atoms. The summed E-state index contributed by atoms with van der Waals surface area (Å²) in [7, 11) is 0. The van der Waals surface area contributed by atoms with Crippen LogP contribution < -0.4 is 10.2 Å². The van der Waals surface area contributed by atoms with E-state index in [0.29, 0.717) is 29.7 Å². The Morgan fingerprint density at radius 2 is 2.09 bits per heavy atom. The van der Waals surface area contributed by atoms with Crippen molar-refractivity contribution < 1.29 is 9.90 Å². The lowest BCUT2D eigenvalue weighted by Crippen LogP contribution is -2.59. The van der Waals surface area contributed by atoms with Crippen LogP contribution in [0.5, 0.6) is 0 Å². The predicted molar refractivity (Wildman–Crippen MR) is 136 cm³/mol. The third kappa shape index (κ3) is 4.38. The monoisotopic (exact) mass is 501 g/mol. The highest BCUT2D eigenvalue weighted by atomic mass is 35.5. The van der Waals surface area contributed by atoms with Gasteiger partial charge in [0, 0.05) is 40.8 Å². The van der Waals surface area contributed by atoms with Crippen LogP contribution >= 0.6 is 23.2 Å². The third-order valence-corrected chi connectivity index (χ3v) is 7.62. The molecule has 2 N–H and O–H groups in total. The summed E-state index contributed by atoms with van der Waals surface area (Å²) in [5.41, 5.74) is 3.01. The van der Waals surface area contributed by atoms with E-state index in [2.05, 4.69) is 40.4 Å². The van der Waals surface area contributed by atoms with E-state index in [-0.39, 0.29) is 30.6 Å². The van der Waals surface area contributed by atoms with Crippen LogP contribution in [0, 0.1) is 0 Å². The van der Waals surface area contributed by atoms with Gasteiger partial charge in [0.2, 0.25) is 5.91 Å². The molecule has 5 rings (SSSR count). The summed E-state index contributed by atoms with van der Waals surface area (Å²) in [5, 5.41) is 20.3. The van der Waals surface area contributed by atoms with E-state index in [1.54, 1.807) is 6.07 Å². The maximum Gasteiger partial charge on any atom is 0.240 e. The van der Waals surface area contributed by atoms with Crippen LogP contribution in [-0.4, -0.2) is 70.6 Å². The molecule has 9 heteroatoms. The number of nitrogens with zero attached hydrogens (tertiary/aromatic N) is 4. The number of hydrogen-bond acceptors (Lipinski definition) is 5. The van der Waals surface area contributed by atoms with Gasteiger partial charge in [0.25, 0.3) is 0 Å². The van der Waals surface area contributed by atoms with Crippen LogP contribution in [0.25, 0.3) is 10.9 Å². The van der Waals surface area contributed by atoms with Crippen LogP contribution in [0.1, 0.15) is 31.4 Å². The standard InChI is InChI=1S/C25H29Cl2N5O2/c1-16(21-7-5-18(26)11-22(21)27)32-24-12-19(6-4-17(24)13-29-32)30-9-10-31(20(14-30)15-33)25(34)23-3-2-8-28-23/h4-7,11-13,16,20,23,28,33H,2-3,8-10,14-15H2,1H3/t16-,20?,23-/m1/s1. The van der Waals surface area contributed by atoms with Crippen molar-refractivity contribution in [2.24, 2.45) is 0 Å². The summed E-state index contributed by atoms with van der Waals surface area (Å²) in [6, 6.07) is 11.4. The minimum absolute atomic E-state index is 0.0543. The molecule has 2 fully saturated rings. The van der Waals surface area contributed by atoms with Gasteiger partial charge >= 0.3 is 0 Å². The first-order valence-corrected chi connectivity index (χ1v) is 12.5. The second-order valence-electron chi connectivity index (χ2n) is 9.14. The van der Waals surface area contributed by atoms with Crippen molar-refractivity contribution in [2.45, 2.75) is 37.9 Å². The Morgan fingerprint density at radius 1 is 1.24 bits per heavy atom. The van der Waals surface area contributed by atoms with Gasteiger partial charge < -0.3 is 20.2 Å². The lowest BCUT2D eigenvalue weighted by molar-refractivity contribution is -0.136. The minimum atomic E-state index is -0.226. The van der Waals surface area contributed by atoms with Crippen LogP contribution in [0.3, 0.4) is 0 Å². The molecule has 34 heavy (non-hydrogen) atoms. The average molecular weight is 502 g/mol. The highest BCUT2D eigenvalue weighted by molar-refractivity contribution is 6.35. The van der Waals surface area contributed by atoms with Gasteiger partial charge in [0.05, 0.1) is 36.4 Å². The fraction of sp³-hybridized carbons (Fsp3) is 0.440. The van der Waals surface area contributed by atoms with Crippen molar-refractivity contribution in [1.82, 2.24) is 20.0 Å². The number of aliphatic hydroxyl groups excluding tert-OH is 1. The number of carbonyl (C=O) groups is 1. The molecule has 1 aromatic heterocycles. The molecular formula is C25H29Cl2N5O2. The molecule has 180 valence electrons. The van der Waals surface area contributed by atoms with E-state index in [4.69, 9.17) is 23.2 Å². The summed E-state index contributed by atoms with van der Waals surface area (Å²) in [6.45, 7) is 4.79. The molecular weight excluding hydrogens is 473 g/mol. The van der Waals surface area contributed by atoms with E-state index >= 15 is 0 Å². The maximum atomic E-state index is 13.0. The number of aliphatic hydroxyl groups is 1. The lowest BCUT2D eigenvalue weighted by atomic mass is 10.1. The molecule has 0 bridgehead atoms.